The molecule has 5 N–H and O–H groups in total. The van der Waals surface area contributed by atoms with Crippen molar-refractivity contribution in [3.63, 3.8) is 0 Å². The number of carbonyl (C=O) groups excluding carboxylic acids is 1. The summed E-state index contributed by atoms with van der Waals surface area (Å²) in [6, 6.07) is 4.26. The Bertz CT molecular complexity index is 1000. The third-order valence-electron chi connectivity index (χ3n) is 3.99. The molecule has 27 heavy (non-hydrogen) atoms. The molecule has 0 unspecified atom stereocenters. The zero-order chi connectivity index (χ0) is 19.1. The highest BCUT2D eigenvalue weighted by Gasteiger charge is 2.33. The maximum Gasteiger partial charge on any atom is 0.261 e. The summed E-state index contributed by atoms with van der Waals surface area (Å²) in [5.41, 5.74) is 6.47. The monoisotopic (exact) mass is 432 g/mol. The van der Waals surface area contributed by atoms with Gasteiger partial charge in [-0.15, -0.1) is 12.4 Å². The van der Waals surface area contributed by atoms with Crippen LogP contribution in [0.4, 0.5) is 0 Å². The molecule has 1 fully saturated rings. The first-order valence-electron chi connectivity index (χ1n) is 7.71. The average Bonchev–Trinajstić information content (AvgIpc) is 3.32. The van der Waals surface area contributed by atoms with Gasteiger partial charge in [0.25, 0.3) is 5.91 Å². The maximum atomic E-state index is 12.3. The van der Waals surface area contributed by atoms with Crippen molar-refractivity contribution in [1.82, 2.24) is 19.8 Å². The van der Waals surface area contributed by atoms with Gasteiger partial charge in [0.1, 0.15) is 0 Å². The molecule has 2 aromatic rings. The Hall–Kier alpha value is -2.14. The van der Waals surface area contributed by atoms with Crippen LogP contribution in [-0.4, -0.2) is 37.1 Å². The summed E-state index contributed by atoms with van der Waals surface area (Å²) >= 11 is 6.26. The number of benzene rings is 1. The van der Waals surface area contributed by atoms with Crippen molar-refractivity contribution < 1.29 is 13.2 Å². The van der Waals surface area contributed by atoms with Gasteiger partial charge in [-0.2, -0.15) is 5.10 Å². The van der Waals surface area contributed by atoms with E-state index in [0.717, 1.165) is 12.8 Å². The molecule has 0 radical (unpaired) electrons. The standard InChI is InChI=1S/C15H17ClN6O3S.ClH/c1-19-26(24,25)9-4-5-11(16)12(6-9)22-13(8-2-3-8)10(7-20-22)14(23)21-15(17)18;/h4-8,19H,2-3H2,1H3,(H4,17,18,21,23);1H. The second-order valence-corrected chi connectivity index (χ2v) is 8.11. The number of carbonyl (C=O) groups is 1. The lowest BCUT2D eigenvalue weighted by Gasteiger charge is -2.12. The Morgan fingerprint density at radius 1 is 1.41 bits per heavy atom. The van der Waals surface area contributed by atoms with Crippen LogP contribution >= 0.6 is 24.0 Å². The van der Waals surface area contributed by atoms with Crippen LogP contribution in [0.25, 0.3) is 5.69 Å². The molecule has 1 aromatic heterocycles. The van der Waals surface area contributed by atoms with E-state index in [0.29, 0.717) is 16.4 Å². The van der Waals surface area contributed by atoms with Crippen molar-refractivity contribution in [2.24, 2.45) is 5.73 Å². The smallest absolute Gasteiger partial charge is 0.261 e. The van der Waals surface area contributed by atoms with E-state index in [2.05, 4.69) is 15.1 Å². The van der Waals surface area contributed by atoms with Crippen LogP contribution in [0, 0.1) is 5.41 Å². The number of hydrogen-bond acceptors (Lipinski definition) is 5. The van der Waals surface area contributed by atoms with Crippen LogP contribution < -0.4 is 15.8 Å². The minimum atomic E-state index is -3.66. The Morgan fingerprint density at radius 3 is 2.63 bits per heavy atom. The Labute approximate surface area is 167 Å². The number of nitrogens with two attached hydrogens (primary N) is 1. The molecule has 1 aliphatic carbocycles. The minimum absolute atomic E-state index is 0. The van der Waals surface area contributed by atoms with E-state index in [1.807, 2.05) is 0 Å². The van der Waals surface area contributed by atoms with E-state index in [-0.39, 0.29) is 28.8 Å². The van der Waals surface area contributed by atoms with Crippen LogP contribution in [0.15, 0.2) is 29.3 Å². The summed E-state index contributed by atoms with van der Waals surface area (Å²) in [5, 5.41) is 14.0. The maximum absolute atomic E-state index is 12.3. The molecule has 0 bridgehead atoms. The van der Waals surface area contributed by atoms with E-state index in [1.165, 1.54) is 36.1 Å². The highest BCUT2D eigenvalue weighted by Crippen LogP contribution is 2.43. The van der Waals surface area contributed by atoms with E-state index in [1.54, 1.807) is 0 Å². The second kappa shape index (κ2) is 7.85. The predicted octanol–water partition coefficient (Wildman–Crippen LogP) is 1.36. The summed E-state index contributed by atoms with van der Waals surface area (Å²) < 4.78 is 27.9. The molecular weight excluding hydrogens is 415 g/mol. The van der Waals surface area contributed by atoms with Crippen molar-refractivity contribution in [3.05, 3.63) is 40.7 Å². The highest BCUT2D eigenvalue weighted by molar-refractivity contribution is 7.89. The van der Waals surface area contributed by atoms with Crippen LogP contribution in [0.1, 0.15) is 34.8 Å². The number of halogens is 2. The van der Waals surface area contributed by atoms with E-state index in [9.17, 15) is 13.2 Å². The number of sulfonamides is 1. The number of nitrogens with zero attached hydrogens (tertiary/aromatic N) is 2. The first kappa shape index (κ1) is 21.2. The third kappa shape index (κ3) is 4.24. The number of amides is 1. The van der Waals surface area contributed by atoms with Crippen LogP contribution in [0.2, 0.25) is 5.02 Å². The normalized spacial score (nSPS) is 13.7. The average molecular weight is 433 g/mol. The molecule has 1 heterocycles. The molecule has 1 aromatic carbocycles. The van der Waals surface area contributed by atoms with Gasteiger partial charge < -0.3 is 5.73 Å². The first-order valence-corrected chi connectivity index (χ1v) is 9.57. The van der Waals surface area contributed by atoms with Gasteiger partial charge in [0.15, 0.2) is 5.96 Å². The number of hydrogen-bond donors (Lipinski definition) is 4. The number of nitrogens with one attached hydrogen (secondary N) is 3. The summed E-state index contributed by atoms with van der Waals surface area (Å²) in [6.07, 6.45) is 3.11. The van der Waals surface area contributed by atoms with Gasteiger partial charge in [0.2, 0.25) is 10.0 Å². The highest BCUT2D eigenvalue weighted by atomic mass is 35.5. The van der Waals surface area contributed by atoms with Gasteiger partial charge >= 0.3 is 0 Å². The SMILES string of the molecule is CNS(=O)(=O)c1ccc(Cl)c(-n2ncc(C(=O)NC(=N)N)c2C2CC2)c1.Cl. The molecule has 0 atom stereocenters. The van der Waals surface area contributed by atoms with Crippen molar-refractivity contribution in [3.8, 4) is 5.69 Å². The lowest BCUT2D eigenvalue weighted by molar-refractivity contribution is 0.0975. The first-order chi connectivity index (χ1) is 12.2. The molecular formula is C15H18Cl2N6O3S. The van der Waals surface area contributed by atoms with Gasteiger partial charge in [0.05, 0.1) is 33.1 Å². The van der Waals surface area contributed by atoms with Gasteiger partial charge in [-0.05, 0) is 38.1 Å². The quantitative estimate of drug-likeness (QED) is 0.416. The Kier molecular flexibility index (Phi) is 6.15. The summed E-state index contributed by atoms with van der Waals surface area (Å²) in [7, 11) is -2.35. The van der Waals surface area contributed by atoms with Crippen molar-refractivity contribution in [1.29, 1.82) is 5.41 Å². The fourth-order valence-corrected chi connectivity index (χ4v) is 3.55. The lowest BCUT2D eigenvalue weighted by atomic mass is 10.1. The second-order valence-electron chi connectivity index (χ2n) is 5.82. The minimum Gasteiger partial charge on any atom is -0.370 e. The molecule has 9 nitrogen and oxygen atoms in total. The van der Waals surface area contributed by atoms with Crippen LogP contribution in [0.3, 0.4) is 0 Å². The van der Waals surface area contributed by atoms with E-state index >= 15 is 0 Å². The number of guanidine groups is 1. The molecule has 146 valence electrons. The topological polar surface area (TPSA) is 143 Å². The lowest BCUT2D eigenvalue weighted by Crippen LogP contribution is -2.36. The summed E-state index contributed by atoms with van der Waals surface area (Å²) in [6.45, 7) is 0. The third-order valence-corrected chi connectivity index (χ3v) is 5.72. The molecule has 1 aliphatic rings. The molecule has 0 aliphatic heterocycles. The number of aromatic nitrogens is 2. The number of rotatable bonds is 5. The molecule has 0 spiro atoms. The molecule has 12 heteroatoms. The fraction of sp³-hybridized carbons (Fsp3) is 0.267. The van der Waals surface area contributed by atoms with E-state index < -0.39 is 21.9 Å². The largest absolute Gasteiger partial charge is 0.370 e. The van der Waals surface area contributed by atoms with Gasteiger partial charge in [-0.1, -0.05) is 11.6 Å². The zero-order valence-corrected chi connectivity index (χ0v) is 16.6. The summed E-state index contributed by atoms with van der Waals surface area (Å²) in [4.78, 5) is 12.3. The zero-order valence-electron chi connectivity index (χ0n) is 14.2. The Balaban J connectivity index is 0.00000261. The fourth-order valence-electron chi connectivity index (χ4n) is 2.60. The molecule has 1 amide bonds. The Morgan fingerprint density at radius 2 is 2.07 bits per heavy atom. The van der Waals surface area contributed by atoms with Gasteiger partial charge in [0, 0.05) is 5.92 Å². The molecule has 0 saturated heterocycles. The van der Waals surface area contributed by atoms with Crippen molar-refractivity contribution in [2.75, 3.05) is 7.05 Å². The van der Waals surface area contributed by atoms with Gasteiger partial charge in [-0.3, -0.25) is 15.5 Å². The van der Waals surface area contributed by atoms with Crippen molar-refractivity contribution in [2.45, 2.75) is 23.7 Å². The summed E-state index contributed by atoms with van der Waals surface area (Å²) in [5.74, 6) is -0.906. The van der Waals surface area contributed by atoms with Crippen molar-refractivity contribution >= 4 is 45.9 Å². The van der Waals surface area contributed by atoms with E-state index in [4.69, 9.17) is 22.7 Å². The van der Waals surface area contributed by atoms with Crippen LogP contribution in [0.5, 0.6) is 0 Å². The van der Waals surface area contributed by atoms with Crippen LogP contribution in [-0.2, 0) is 10.0 Å². The predicted molar refractivity (Wildman–Crippen MR) is 103 cm³/mol. The molecule has 1 saturated carbocycles. The molecule has 3 rings (SSSR count). The van der Waals surface area contributed by atoms with Gasteiger partial charge in [-0.25, -0.2) is 17.8 Å².